The van der Waals surface area contributed by atoms with Crippen molar-refractivity contribution in [2.45, 2.75) is 262 Å². The van der Waals surface area contributed by atoms with Crippen molar-refractivity contribution in [3.8, 4) is 23.0 Å². The van der Waals surface area contributed by atoms with Crippen molar-refractivity contribution >= 4 is 99.9 Å². The highest BCUT2D eigenvalue weighted by atomic mass is 79.9. The zero-order chi connectivity index (χ0) is 93.4. The van der Waals surface area contributed by atoms with Crippen molar-refractivity contribution in [1.29, 1.82) is 0 Å². The second-order valence-electron chi connectivity index (χ2n) is 35.8. The fraction of sp³-hybridized carbons (Fsp3) is 0.554. The van der Waals surface area contributed by atoms with Crippen molar-refractivity contribution in [3.05, 3.63) is 172 Å². The van der Waals surface area contributed by atoms with Gasteiger partial charge in [0.15, 0.2) is 6.79 Å². The minimum atomic E-state index is -3.59. The van der Waals surface area contributed by atoms with E-state index < -0.39 is 89.2 Å². The summed E-state index contributed by atoms with van der Waals surface area (Å²) >= 11 is 3.27. The molecule has 1 amide bonds. The van der Waals surface area contributed by atoms with Gasteiger partial charge < -0.3 is 66.9 Å². The number of phenolic OH excluding ortho intramolecular Hbond substituents is 1. The molecule has 0 bridgehead atoms. The van der Waals surface area contributed by atoms with Crippen LogP contribution in [-0.2, 0) is 77.5 Å². The van der Waals surface area contributed by atoms with Gasteiger partial charge in [-0.2, -0.15) is 17.2 Å². The molecule has 5 saturated heterocycles. The number of carbonyl (C=O) groups excluding carboxylic acids is 1. The number of carbonyl (C=O) groups is 1. The number of sulfonamides is 4. The molecule has 27 nitrogen and oxygen atoms in total. The summed E-state index contributed by atoms with van der Waals surface area (Å²) in [5, 5.41) is 13.9. The molecule has 7 heterocycles. The molecule has 13 rings (SSSR count). The Kier molecular flexibility index (Phi) is 34.9. The van der Waals surface area contributed by atoms with Crippen LogP contribution in [0.25, 0.3) is 11.1 Å². The minimum absolute atomic E-state index is 0. The zero-order valence-corrected chi connectivity index (χ0v) is 82.8. The number of halogens is 1. The summed E-state index contributed by atoms with van der Waals surface area (Å²) in [5.41, 5.74) is 1.81. The summed E-state index contributed by atoms with van der Waals surface area (Å²) in [6.45, 7) is 50.7. The molecule has 0 radical (unpaired) electrons. The van der Waals surface area contributed by atoms with Crippen molar-refractivity contribution in [3.63, 3.8) is 0 Å². The van der Waals surface area contributed by atoms with E-state index in [9.17, 15) is 43.6 Å². The van der Waals surface area contributed by atoms with Crippen molar-refractivity contribution in [2.24, 2.45) is 0 Å². The maximum atomic E-state index is 13.1. The average Bonchev–Trinajstić information content (AvgIpc) is 1.66. The Morgan fingerprint density at radius 2 is 0.787 bits per heavy atom. The second-order valence-corrected chi connectivity index (χ2v) is 44.4. The fourth-order valence-electron chi connectivity index (χ4n) is 15.2. The number of benzene rings is 6. The number of nitrogens with one attached hydrogen (secondary N) is 1. The summed E-state index contributed by atoms with van der Waals surface area (Å²) in [6, 6.07) is 38.3. The zero-order valence-electron chi connectivity index (χ0n) is 78.0. The molecule has 0 unspecified atom stereocenters. The van der Waals surface area contributed by atoms with Gasteiger partial charge in [0.25, 0.3) is 0 Å². The van der Waals surface area contributed by atoms with E-state index >= 15 is 0 Å². The highest BCUT2D eigenvalue weighted by Gasteiger charge is 2.64. The lowest BCUT2D eigenvalue weighted by Crippen LogP contribution is -2.50. The molecule has 35 heteroatoms. The van der Waals surface area contributed by atoms with Gasteiger partial charge in [-0.05, 0) is 242 Å². The number of nitrogens with zero attached hydrogens (tertiary/aromatic N) is 5. The molecule has 7 aliphatic heterocycles. The Morgan fingerprint density at radius 1 is 0.465 bits per heavy atom. The number of ether oxygens (including phenoxy) is 5. The fourth-order valence-corrected chi connectivity index (χ4v) is 21.3. The first-order valence-corrected chi connectivity index (χ1v) is 50.1. The summed E-state index contributed by atoms with van der Waals surface area (Å²) in [6.07, 6.45) is 6.68. The van der Waals surface area contributed by atoms with Crippen LogP contribution >= 0.6 is 15.9 Å². The molecule has 0 aromatic heterocycles. The predicted octanol–water partition coefficient (Wildman–Crippen LogP) is 16.0. The maximum absolute atomic E-state index is 13.1. The molecule has 7 aliphatic rings. The molecule has 700 valence electrons. The monoisotopic (exact) mass is 1900 g/mol. The van der Waals surface area contributed by atoms with E-state index in [4.69, 9.17) is 51.6 Å². The van der Waals surface area contributed by atoms with Crippen LogP contribution in [0.5, 0.6) is 23.0 Å². The maximum Gasteiger partial charge on any atom is 0.494 e. The Morgan fingerprint density at radius 3 is 1.14 bits per heavy atom. The van der Waals surface area contributed by atoms with E-state index in [1.54, 1.807) is 96.9 Å². The number of phenols is 1. The molecule has 0 atom stereocenters. The van der Waals surface area contributed by atoms with E-state index in [0.29, 0.717) is 111 Å². The summed E-state index contributed by atoms with van der Waals surface area (Å²) in [7, 11) is -13.7. The van der Waals surface area contributed by atoms with Gasteiger partial charge in [-0.1, -0.05) is 127 Å². The lowest BCUT2D eigenvalue weighted by molar-refractivity contribution is -0.00141. The number of hydrogen-bond acceptors (Lipinski definition) is 22. The quantitative estimate of drug-likeness (QED) is 0.0445. The molecule has 0 saturated carbocycles. The van der Waals surface area contributed by atoms with Crippen LogP contribution < -0.4 is 25.0 Å². The number of aromatic hydroxyl groups is 1. The van der Waals surface area contributed by atoms with Crippen LogP contribution in [0.3, 0.4) is 0 Å². The van der Waals surface area contributed by atoms with E-state index in [2.05, 4.69) is 33.4 Å². The largest absolute Gasteiger partial charge is 0.507 e. The molecule has 6 aromatic carbocycles. The number of hydrogen-bond donors (Lipinski definition) is 2. The smallest absolute Gasteiger partial charge is 0.494 e. The third-order valence-corrected chi connectivity index (χ3v) is 33.5. The van der Waals surface area contributed by atoms with Gasteiger partial charge in [-0.15, -0.1) is 0 Å². The van der Waals surface area contributed by atoms with Gasteiger partial charge in [0, 0.05) is 103 Å². The topological polar surface area (TPSA) is 304 Å². The van der Waals surface area contributed by atoms with Gasteiger partial charge in [-0.25, -0.2) is 38.5 Å². The minimum Gasteiger partial charge on any atom is -0.507 e. The summed E-state index contributed by atoms with van der Waals surface area (Å²) in [5.74, 6) is 2.08. The normalized spacial score (nSPS) is 19.2. The van der Waals surface area contributed by atoms with Crippen LogP contribution in [0.2, 0.25) is 0 Å². The van der Waals surface area contributed by atoms with Gasteiger partial charge in [0.2, 0.25) is 40.1 Å². The van der Waals surface area contributed by atoms with Gasteiger partial charge in [0.05, 0.1) is 64.3 Å². The molecular formula is C92H136B3BrN6O21S4. The van der Waals surface area contributed by atoms with Crippen molar-refractivity contribution in [2.75, 3.05) is 92.4 Å². The third kappa shape index (κ3) is 24.0. The standard InChI is InChI=1S/C30H40N2O7S.C23H28N2O4S.C16H26BNO4S.C12H24B2O4.C10H14BrNO2S.CH4/c1-7-32(8-2)40(34,35)23-14-12-22(13-15-23)24-20-30(16-18-31(19-17-30)28(33)39-29(3,4)5)38-26-11-9-10-25(27(24)26)37-21-36-6;1-3-25(4-2)30(27,28)18-10-8-17(9-11-18)19-16-23(12-14-24-15-13-23)29-21-7-5-6-20(26)22(19)21;1-7-18(8-2)23(19,20)14-11-9-13(10-12-14)17-21-15(3,4)16(5,6)22-17;1-9(2)10(3,4)16-13(15-9)14-17-11(5,6)12(7,8)18-14;1-3-12(4-2)15(13,14)10-7-5-9(11)6-8-10;/h9-15,20H,7-8,16-19,21H2,1-6H3;5-11,16,24,26H,3-4,12-15H2,1-2H3;9-12H,7-8H2,1-6H3;1-8H3;5-8H,3-4H2,1-2H3;1H4. The lowest BCUT2D eigenvalue weighted by atomic mass is 9.49. The van der Waals surface area contributed by atoms with Crippen LogP contribution in [0.4, 0.5) is 4.79 Å². The Labute approximate surface area is 767 Å². The first kappa shape index (κ1) is 106. The number of fused-ring (bicyclic) bond motifs is 2. The number of methoxy groups -OCH3 is 1. The molecule has 127 heavy (non-hydrogen) atoms. The molecule has 0 aliphatic carbocycles. The van der Waals surface area contributed by atoms with E-state index in [1.165, 1.54) is 17.2 Å². The third-order valence-electron chi connectivity index (χ3n) is 24.7. The van der Waals surface area contributed by atoms with E-state index in [1.807, 2.05) is 208 Å². The Hall–Kier alpha value is -6.74. The highest BCUT2D eigenvalue weighted by molar-refractivity contribution is 9.10. The van der Waals surface area contributed by atoms with Crippen LogP contribution in [-0.4, -0.2) is 231 Å². The Bertz CT molecular complexity index is 5160. The molecule has 6 aromatic rings. The summed E-state index contributed by atoms with van der Waals surface area (Å²) < 4.78 is 173. The molecule has 2 spiro atoms. The van der Waals surface area contributed by atoms with E-state index in [-0.39, 0.29) is 58.3 Å². The van der Waals surface area contributed by atoms with Crippen LogP contribution in [0.1, 0.15) is 215 Å². The number of rotatable bonds is 23. The number of likely N-dealkylation sites (tertiary alicyclic amines) is 1. The molecular weight excluding hydrogens is 1770 g/mol. The second kappa shape index (κ2) is 42.0. The van der Waals surface area contributed by atoms with Gasteiger partial charge in [-0.3, -0.25) is 0 Å². The van der Waals surface area contributed by atoms with Gasteiger partial charge >= 0.3 is 27.2 Å². The van der Waals surface area contributed by atoms with Crippen LogP contribution in [0, 0.1) is 0 Å². The lowest BCUT2D eigenvalue weighted by Gasteiger charge is -2.43. The van der Waals surface area contributed by atoms with Crippen LogP contribution in [0.15, 0.2) is 170 Å². The molecule has 5 fully saturated rings. The SMILES string of the molecule is C.CC1(C)OB(B2OC(C)(C)C(C)(C)O2)OC1(C)C.CCN(CC)S(=O)(=O)c1ccc(B2OC(C)(C)C(C)(C)O2)cc1.CCN(CC)S(=O)(=O)c1ccc(Br)cc1.CCN(CC)S(=O)(=O)c1ccc(C2=CC3(CCN(C(=O)OC(C)(C)C)CC3)Oc3cccc(OCOC)c32)cc1.CCN(CC)S(=O)(=O)c1ccc(C2=CC3(CCNCC3)Oc3cccc(O)c32)cc1. The average molecular weight is 1900 g/mol. The van der Waals surface area contributed by atoms with Crippen molar-refractivity contribution < 1.29 is 95.2 Å². The first-order valence-electron chi connectivity index (χ1n) is 43.5. The highest BCUT2D eigenvalue weighted by Crippen LogP contribution is 2.50. The van der Waals surface area contributed by atoms with Crippen molar-refractivity contribution in [1.82, 2.24) is 27.4 Å². The number of piperidine rings is 2. The van der Waals surface area contributed by atoms with Gasteiger partial charge in [0.1, 0.15) is 39.8 Å². The van der Waals surface area contributed by atoms with E-state index in [0.717, 1.165) is 63.7 Å². The predicted molar refractivity (Wildman–Crippen MR) is 506 cm³/mol. The number of amides is 1. The molecule has 2 N–H and O–H groups in total. The Balaban J connectivity index is 0.000000204. The summed E-state index contributed by atoms with van der Waals surface area (Å²) in [4.78, 5) is 15.6. The first-order chi connectivity index (χ1) is 58.8.